The molecule has 1 saturated carbocycles. The fraction of sp³-hybridized carbons (Fsp3) is 1.00. The van der Waals surface area contributed by atoms with Gasteiger partial charge >= 0.3 is 0 Å². The normalized spacial score (nSPS) is 40.1. The molecule has 16 heavy (non-hydrogen) atoms. The smallest absolute Gasteiger partial charge is 0.0495 e. The number of nitrogens with one attached hydrogen (secondary N) is 1. The van der Waals surface area contributed by atoms with Crippen LogP contribution < -0.4 is 5.32 Å². The quantitative estimate of drug-likeness (QED) is 0.794. The van der Waals surface area contributed by atoms with Crippen molar-refractivity contribution in [2.24, 2.45) is 17.8 Å². The van der Waals surface area contributed by atoms with Crippen LogP contribution in [-0.2, 0) is 4.74 Å². The lowest BCUT2D eigenvalue weighted by Gasteiger charge is -2.33. The first-order chi connectivity index (χ1) is 7.75. The minimum Gasteiger partial charge on any atom is -0.381 e. The molecule has 0 spiro atoms. The van der Waals surface area contributed by atoms with E-state index in [0.29, 0.717) is 0 Å². The summed E-state index contributed by atoms with van der Waals surface area (Å²) in [5.41, 5.74) is 0. The lowest BCUT2D eigenvalue weighted by atomic mass is 9.80. The number of ether oxygens (including phenoxy) is 1. The molecule has 94 valence electrons. The zero-order valence-corrected chi connectivity index (χ0v) is 10.9. The summed E-state index contributed by atoms with van der Waals surface area (Å²) in [6.45, 7) is 7.98. The molecule has 0 aromatic carbocycles. The topological polar surface area (TPSA) is 21.3 Å². The minimum absolute atomic E-state index is 0.776. The van der Waals surface area contributed by atoms with E-state index in [4.69, 9.17) is 4.74 Å². The lowest BCUT2D eigenvalue weighted by molar-refractivity contribution is 0.182. The monoisotopic (exact) mass is 225 g/mol. The SMILES string of the molecule is CC1CCC(NCCC2CCOC2)C(C)C1. The molecule has 2 heteroatoms. The van der Waals surface area contributed by atoms with Crippen molar-refractivity contribution in [3.8, 4) is 0 Å². The van der Waals surface area contributed by atoms with E-state index < -0.39 is 0 Å². The van der Waals surface area contributed by atoms with Crippen molar-refractivity contribution in [1.82, 2.24) is 5.32 Å². The molecule has 1 heterocycles. The fourth-order valence-electron chi connectivity index (χ4n) is 3.25. The summed E-state index contributed by atoms with van der Waals surface area (Å²) in [4.78, 5) is 0. The molecule has 1 saturated heterocycles. The Balaban J connectivity index is 1.61. The van der Waals surface area contributed by atoms with Crippen LogP contribution in [0.15, 0.2) is 0 Å². The third-order valence-corrected chi connectivity index (χ3v) is 4.41. The van der Waals surface area contributed by atoms with Crippen molar-refractivity contribution >= 4 is 0 Å². The second kappa shape index (κ2) is 6.02. The van der Waals surface area contributed by atoms with E-state index in [1.54, 1.807) is 0 Å². The molecular weight excluding hydrogens is 198 g/mol. The molecule has 0 amide bonds. The van der Waals surface area contributed by atoms with Crippen LogP contribution in [-0.4, -0.2) is 25.8 Å². The van der Waals surface area contributed by atoms with Gasteiger partial charge in [0.2, 0.25) is 0 Å². The third kappa shape index (κ3) is 3.46. The molecule has 1 aliphatic carbocycles. The van der Waals surface area contributed by atoms with Gasteiger partial charge in [-0.3, -0.25) is 0 Å². The van der Waals surface area contributed by atoms with Gasteiger partial charge in [0.15, 0.2) is 0 Å². The Morgan fingerprint density at radius 1 is 1.19 bits per heavy atom. The predicted molar refractivity (Wildman–Crippen MR) is 67.5 cm³/mol. The van der Waals surface area contributed by atoms with Crippen LogP contribution >= 0.6 is 0 Å². The van der Waals surface area contributed by atoms with E-state index in [-0.39, 0.29) is 0 Å². The summed E-state index contributed by atoms with van der Waals surface area (Å²) in [6.07, 6.45) is 6.78. The Hall–Kier alpha value is -0.0800. The van der Waals surface area contributed by atoms with Crippen LogP contribution in [0.25, 0.3) is 0 Å². The van der Waals surface area contributed by atoms with E-state index in [0.717, 1.165) is 37.0 Å². The van der Waals surface area contributed by atoms with Crippen molar-refractivity contribution in [1.29, 1.82) is 0 Å². The van der Waals surface area contributed by atoms with Gasteiger partial charge in [0.1, 0.15) is 0 Å². The van der Waals surface area contributed by atoms with Crippen molar-refractivity contribution in [2.75, 3.05) is 19.8 Å². The first-order valence-corrected chi connectivity index (χ1v) is 7.07. The van der Waals surface area contributed by atoms with Crippen LogP contribution in [0.5, 0.6) is 0 Å². The number of hydrogen-bond donors (Lipinski definition) is 1. The average molecular weight is 225 g/mol. The molecule has 4 atom stereocenters. The predicted octanol–water partition coefficient (Wildman–Crippen LogP) is 2.83. The van der Waals surface area contributed by atoms with Crippen LogP contribution in [0, 0.1) is 17.8 Å². The molecule has 1 aliphatic heterocycles. The molecule has 2 nitrogen and oxygen atoms in total. The van der Waals surface area contributed by atoms with Gasteiger partial charge in [-0.1, -0.05) is 13.8 Å². The Bertz CT molecular complexity index is 201. The highest BCUT2D eigenvalue weighted by Crippen LogP contribution is 2.28. The van der Waals surface area contributed by atoms with E-state index in [1.807, 2.05) is 0 Å². The zero-order valence-electron chi connectivity index (χ0n) is 10.9. The zero-order chi connectivity index (χ0) is 11.4. The second-order valence-electron chi connectivity index (χ2n) is 5.97. The average Bonchev–Trinajstić information content (AvgIpc) is 2.74. The van der Waals surface area contributed by atoms with Crippen molar-refractivity contribution in [2.45, 2.75) is 52.0 Å². The maximum absolute atomic E-state index is 5.41. The van der Waals surface area contributed by atoms with E-state index in [1.165, 1.54) is 38.6 Å². The second-order valence-corrected chi connectivity index (χ2v) is 5.97. The van der Waals surface area contributed by atoms with Gasteiger partial charge in [0, 0.05) is 19.3 Å². The first kappa shape index (κ1) is 12.4. The van der Waals surface area contributed by atoms with Crippen LogP contribution in [0.2, 0.25) is 0 Å². The summed E-state index contributed by atoms with van der Waals surface area (Å²) in [5.74, 6) is 2.63. The molecule has 2 aliphatic rings. The van der Waals surface area contributed by atoms with Crippen molar-refractivity contribution in [3.63, 3.8) is 0 Å². The summed E-state index contributed by atoms with van der Waals surface area (Å²) < 4.78 is 5.41. The standard InChI is InChI=1S/C14H27NO/c1-11-3-4-14(12(2)9-11)15-7-5-13-6-8-16-10-13/h11-15H,3-10H2,1-2H3. The molecule has 4 unspecified atom stereocenters. The van der Waals surface area contributed by atoms with Gasteiger partial charge in [-0.05, 0) is 56.4 Å². The highest BCUT2D eigenvalue weighted by atomic mass is 16.5. The summed E-state index contributed by atoms with van der Waals surface area (Å²) in [6, 6.07) is 0.776. The maximum Gasteiger partial charge on any atom is 0.0495 e. The van der Waals surface area contributed by atoms with Gasteiger partial charge in [-0.25, -0.2) is 0 Å². The Labute approximate surface area is 100 Å². The lowest BCUT2D eigenvalue weighted by Crippen LogP contribution is -2.39. The Kier molecular flexibility index (Phi) is 4.66. The van der Waals surface area contributed by atoms with Crippen LogP contribution in [0.1, 0.15) is 46.0 Å². The Morgan fingerprint density at radius 3 is 2.75 bits per heavy atom. The van der Waals surface area contributed by atoms with Crippen LogP contribution in [0.4, 0.5) is 0 Å². The van der Waals surface area contributed by atoms with E-state index in [9.17, 15) is 0 Å². The van der Waals surface area contributed by atoms with Crippen molar-refractivity contribution in [3.05, 3.63) is 0 Å². The molecule has 0 aromatic heterocycles. The first-order valence-electron chi connectivity index (χ1n) is 7.07. The summed E-state index contributed by atoms with van der Waals surface area (Å²) >= 11 is 0. The summed E-state index contributed by atoms with van der Waals surface area (Å²) in [5, 5.41) is 3.76. The number of rotatable bonds is 4. The minimum atomic E-state index is 0.776. The molecule has 0 aromatic rings. The Morgan fingerprint density at radius 2 is 2.06 bits per heavy atom. The molecular formula is C14H27NO. The molecule has 0 radical (unpaired) electrons. The summed E-state index contributed by atoms with van der Waals surface area (Å²) in [7, 11) is 0. The van der Waals surface area contributed by atoms with Gasteiger partial charge in [-0.2, -0.15) is 0 Å². The molecule has 1 N–H and O–H groups in total. The highest BCUT2D eigenvalue weighted by molar-refractivity contribution is 4.81. The highest BCUT2D eigenvalue weighted by Gasteiger charge is 2.25. The van der Waals surface area contributed by atoms with Crippen LogP contribution in [0.3, 0.4) is 0 Å². The van der Waals surface area contributed by atoms with Crippen molar-refractivity contribution < 1.29 is 4.74 Å². The van der Waals surface area contributed by atoms with Gasteiger partial charge in [0.05, 0.1) is 0 Å². The van der Waals surface area contributed by atoms with Gasteiger partial charge in [0.25, 0.3) is 0 Å². The third-order valence-electron chi connectivity index (χ3n) is 4.41. The number of hydrogen-bond acceptors (Lipinski definition) is 2. The van der Waals surface area contributed by atoms with Gasteiger partial charge < -0.3 is 10.1 Å². The fourth-order valence-corrected chi connectivity index (χ4v) is 3.25. The van der Waals surface area contributed by atoms with E-state index >= 15 is 0 Å². The maximum atomic E-state index is 5.41. The molecule has 2 fully saturated rings. The molecule has 0 bridgehead atoms. The van der Waals surface area contributed by atoms with Gasteiger partial charge in [-0.15, -0.1) is 0 Å². The molecule has 2 rings (SSSR count). The largest absolute Gasteiger partial charge is 0.381 e. The van der Waals surface area contributed by atoms with E-state index in [2.05, 4.69) is 19.2 Å².